The Morgan fingerprint density at radius 3 is 2.33 bits per heavy atom. The number of halogens is 2. The highest BCUT2D eigenvalue weighted by Crippen LogP contribution is 2.31. The first kappa shape index (κ1) is 16.1. The second-order valence-electron chi connectivity index (χ2n) is 4.90. The minimum absolute atomic E-state index is 0.0219. The van der Waals surface area contributed by atoms with Gasteiger partial charge in [0.05, 0.1) is 15.7 Å². The molecule has 3 nitrogen and oxygen atoms in total. The van der Waals surface area contributed by atoms with Gasteiger partial charge in [0.25, 0.3) is 10.0 Å². The van der Waals surface area contributed by atoms with E-state index in [4.69, 9.17) is 23.2 Å². The maximum absolute atomic E-state index is 12.5. The van der Waals surface area contributed by atoms with Gasteiger partial charge in [-0.05, 0) is 29.7 Å². The number of anilines is 1. The third kappa shape index (κ3) is 3.51. The molecular formula is C15H15Cl2NO2S. The summed E-state index contributed by atoms with van der Waals surface area (Å²) in [6.07, 6.45) is 0. The van der Waals surface area contributed by atoms with Crippen LogP contribution in [0.25, 0.3) is 0 Å². The Hall–Kier alpha value is -1.23. The number of benzene rings is 2. The van der Waals surface area contributed by atoms with Gasteiger partial charge in [-0.3, -0.25) is 4.72 Å². The van der Waals surface area contributed by atoms with Crippen molar-refractivity contribution in [2.24, 2.45) is 0 Å². The van der Waals surface area contributed by atoms with Crippen LogP contribution in [0.2, 0.25) is 10.0 Å². The zero-order valence-electron chi connectivity index (χ0n) is 11.6. The Bertz CT molecular complexity index is 758. The highest BCUT2D eigenvalue weighted by Gasteiger charge is 2.21. The van der Waals surface area contributed by atoms with Crippen LogP contribution in [-0.4, -0.2) is 8.42 Å². The summed E-state index contributed by atoms with van der Waals surface area (Å²) in [6, 6.07) is 11.8. The lowest BCUT2D eigenvalue weighted by Gasteiger charge is -2.15. The molecule has 2 aromatic rings. The first-order valence-electron chi connectivity index (χ1n) is 6.38. The van der Waals surface area contributed by atoms with Crippen LogP contribution >= 0.6 is 23.2 Å². The third-order valence-electron chi connectivity index (χ3n) is 3.03. The maximum atomic E-state index is 12.5. The van der Waals surface area contributed by atoms with E-state index in [0.29, 0.717) is 5.69 Å². The molecule has 0 aliphatic heterocycles. The molecule has 0 aliphatic rings. The van der Waals surface area contributed by atoms with Gasteiger partial charge in [0.1, 0.15) is 4.90 Å². The van der Waals surface area contributed by atoms with E-state index < -0.39 is 10.0 Å². The first-order valence-corrected chi connectivity index (χ1v) is 8.62. The topological polar surface area (TPSA) is 46.2 Å². The first-order chi connectivity index (χ1) is 9.83. The van der Waals surface area contributed by atoms with Crippen molar-refractivity contribution >= 4 is 38.9 Å². The molecule has 6 heteroatoms. The molecule has 112 valence electrons. The molecule has 0 bridgehead atoms. The van der Waals surface area contributed by atoms with Crippen LogP contribution < -0.4 is 4.72 Å². The van der Waals surface area contributed by atoms with Crippen molar-refractivity contribution in [3.05, 3.63) is 58.1 Å². The van der Waals surface area contributed by atoms with Crippen molar-refractivity contribution in [1.29, 1.82) is 0 Å². The van der Waals surface area contributed by atoms with Crippen LogP contribution in [0.1, 0.15) is 25.3 Å². The summed E-state index contributed by atoms with van der Waals surface area (Å²) in [5.41, 5.74) is 1.46. The number of hydrogen-bond donors (Lipinski definition) is 1. The van der Waals surface area contributed by atoms with Crippen LogP contribution in [0.15, 0.2) is 47.4 Å². The van der Waals surface area contributed by atoms with Crippen molar-refractivity contribution in [2.45, 2.75) is 24.7 Å². The Balaban J connectivity index is 2.46. The molecule has 0 amide bonds. The Morgan fingerprint density at radius 1 is 1.00 bits per heavy atom. The molecule has 21 heavy (non-hydrogen) atoms. The Morgan fingerprint density at radius 2 is 1.67 bits per heavy atom. The van der Waals surface area contributed by atoms with E-state index in [1.807, 2.05) is 26.0 Å². The van der Waals surface area contributed by atoms with Crippen LogP contribution in [0.5, 0.6) is 0 Å². The largest absolute Gasteiger partial charge is 0.279 e. The monoisotopic (exact) mass is 343 g/mol. The van der Waals surface area contributed by atoms with Gasteiger partial charge in [0.2, 0.25) is 0 Å². The van der Waals surface area contributed by atoms with E-state index in [9.17, 15) is 8.42 Å². The van der Waals surface area contributed by atoms with Crippen molar-refractivity contribution in [2.75, 3.05) is 4.72 Å². The van der Waals surface area contributed by atoms with E-state index in [1.165, 1.54) is 6.07 Å². The lowest BCUT2D eigenvalue weighted by molar-refractivity contribution is 0.601. The number of rotatable bonds is 4. The van der Waals surface area contributed by atoms with Crippen molar-refractivity contribution < 1.29 is 8.42 Å². The van der Waals surface area contributed by atoms with E-state index in [2.05, 4.69) is 4.72 Å². The summed E-state index contributed by atoms with van der Waals surface area (Å²) in [6.45, 7) is 4.00. The third-order valence-corrected chi connectivity index (χ3v) is 5.37. The van der Waals surface area contributed by atoms with Gasteiger partial charge in [-0.25, -0.2) is 8.42 Å². The zero-order valence-corrected chi connectivity index (χ0v) is 13.9. The summed E-state index contributed by atoms with van der Waals surface area (Å²) >= 11 is 11.9. The van der Waals surface area contributed by atoms with E-state index >= 15 is 0 Å². The smallest absolute Gasteiger partial charge is 0.263 e. The van der Waals surface area contributed by atoms with Crippen LogP contribution in [0.4, 0.5) is 5.69 Å². The SMILES string of the molecule is CC(C)c1ccccc1NS(=O)(=O)c1cccc(Cl)c1Cl. The highest BCUT2D eigenvalue weighted by atomic mass is 35.5. The fourth-order valence-corrected chi connectivity index (χ4v) is 3.83. The van der Waals surface area contributed by atoms with Crippen molar-refractivity contribution in [3.63, 3.8) is 0 Å². The van der Waals surface area contributed by atoms with Crippen LogP contribution in [0, 0.1) is 0 Å². The van der Waals surface area contributed by atoms with Gasteiger partial charge in [-0.2, -0.15) is 0 Å². The molecule has 0 aromatic heterocycles. The summed E-state index contributed by atoms with van der Waals surface area (Å²) in [4.78, 5) is -0.0322. The molecule has 0 saturated carbocycles. The molecular weight excluding hydrogens is 329 g/mol. The molecule has 0 fully saturated rings. The number of hydrogen-bond acceptors (Lipinski definition) is 2. The molecule has 0 atom stereocenters. The Labute approximate surface area is 135 Å². The molecule has 0 aliphatic carbocycles. The summed E-state index contributed by atoms with van der Waals surface area (Å²) < 4.78 is 27.6. The predicted molar refractivity (Wildman–Crippen MR) is 87.8 cm³/mol. The summed E-state index contributed by atoms with van der Waals surface area (Å²) in [5, 5.41) is 0.227. The normalized spacial score (nSPS) is 11.7. The van der Waals surface area contributed by atoms with Gasteiger partial charge < -0.3 is 0 Å². The second kappa shape index (κ2) is 6.26. The number of sulfonamides is 1. The molecule has 0 radical (unpaired) electrons. The average molecular weight is 344 g/mol. The lowest BCUT2D eigenvalue weighted by Crippen LogP contribution is -2.15. The summed E-state index contributed by atoms with van der Waals surface area (Å²) in [5.74, 6) is 0.193. The standard InChI is InChI=1S/C15H15Cl2NO2S/c1-10(2)11-6-3-4-8-13(11)18-21(19,20)14-9-5-7-12(16)15(14)17/h3-10,18H,1-2H3. The van der Waals surface area contributed by atoms with Gasteiger partial charge in [-0.1, -0.05) is 61.3 Å². The van der Waals surface area contributed by atoms with Gasteiger partial charge in [0, 0.05) is 0 Å². The fraction of sp³-hybridized carbons (Fsp3) is 0.200. The molecule has 2 aromatic carbocycles. The van der Waals surface area contributed by atoms with E-state index in [1.54, 1.807) is 24.3 Å². The molecule has 0 spiro atoms. The maximum Gasteiger partial charge on any atom is 0.263 e. The van der Waals surface area contributed by atoms with Gasteiger partial charge >= 0.3 is 0 Å². The Kier molecular flexibility index (Phi) is 4.81. The molecule has 1 N–H and O–H groups in total. The zero-order chi connectivity index (χ0) is 15.6. The predicted octanol–water partition coefficient (Wildman–Crippen LogP) is 4.92. The van der Waals surface area contributed by atoms with E-state index in [-0.39, 0.29) is 20.9 Å². The minimum atomic E-state index is -3.79. The van der Waals surface area contributed by atoms with Crippen LogP contribution in [0.3, 0.4) is 0 Å². The molecule has 2 rings (SSSR count). The van der Waals surface area contributed by atoms with Gasteiger partial charge in [0.15, 0.2) is 0 Å². The quantitative estimate of drug-likeness (QED) is 0.856. The van der Waals surface area contributed by atoms with Crippen molar-refractivity contribution in [1.82, 2.24) is 0 Å². The van der Waals surface area contributed by atoms with Gasteiger partial charge in [-0.15, -0.1) is 0 Å². The second-order valence-corrected chi connectivity index (χ2v) is 7.34. The molecule has 0 heterocycles. The van der Waals surface area contributed by atoms with E-state index in [0.717, 1.165) is 5.56 Å². The average Bonchev–Trinajstić information content (AvgIpc) is 2.41. The fourth-order valence-electron chi connectivity index (χ4n) is 1.98. The number of nitrogens with one attached hydrogen (secondary N) is 1. The highest BCUT2D eigenvalue weighted by molar-refractivity contribution is 7.92. The summed E-state index contributed by atoms with van der Waals surface area (Å²) in [7, 11) is -3.79. The number of para-hydroxylation sites is 1. The lowest BCUT2D eigenvalue weighted by atomic mass is 10.0. The van der Waals surface area contributed by atoms with Crippen molar-refractivity contribution in [3.8, 4) is 0 Å². The minimum Gasteiger partial charge on any atom is -0.279 e. The molecule has 0 unspecified atom stereocenters. The molecule has 0 saturated heterocycles. The van der Waals surface area contributed by atoms with Crippen LogP contribution in [-0.2, 0) is 10.0 Å².